The summed E-state index contributed by atoms with van der Waals surface area (Å²) in [6.07, 6.45) is 3.47. The molecule has 0 bridgehead atoms. The molecule has 3 heteroatoms. The topological polar surface area (TPSA) is 29.1 Å². The molecule has 0 unspecified atom stereocenters. The highest BCUT2D eigenvalue weighted by atomic mass is 79.9. The number of amides is 1. The molecule has 0 spiro atoms. The van der Waals surface area contributed by atoms with E-state index in [9.17, 15) is 4.79 Å². The van der Waals surface area contributed by atoms with Crippen molar-refractivity contribution in [2.75, 3.05) is 6.54 Å². The van der Waals surface area contributed by atoms with Gasteiger partial charge in [-0.15, -0.1) is 0 Å². The standard InChI is InChI=1S/C15H22BrNO/c1-12(2)5-3-4-10-17-15(18)14-8-6-13(11-16)7-9-14/h6-9,12H,3-5,10-11H2,1-2H3,(H,17,18). The van der Waals surface area contributed by atoms with Crippen LogP contribution in [-0.2, 0) is 5.33 Å². The minimum Gasteiger partial charge on any atom is -0.352 e. The Hall–Kier alpha value is -0.830. The van der Waals surface area contributed by atoms with E-state index in [-0.39, 0.29) is 5.91 Å². The molecule has 0 aromatic heterocycles. The van der Waals surface area contributed by atoms with Gasteiger partial charge in [0.25, 0.3) is 5.91 Å². The molecular formula is C15H22BrNO. The highest BCUT2D eigenvalue weighted by Gasteiger charge is 2.04. The predicted octanol–water partition coefficient (Wildman–Crippen LogP) is 4.14. The highest BCUT2D eigenvalue weighted by Crippen LogP contribution is 2.08. The van der Waals surface area contributed by atoms with Gasteiger partial charge in [-0.25, -0.2) is 0 Å². The Bertz CT molecular complexity index is 359. The van der Waals surface area contributed by atoms with Gasteiger partial charge in [0.15, 0.2) is 0 Å². The van der Waals surface area contributed by atoms with E-state index in [2.05, 4.69) is 35.1 Å². The number of nitrogens with one attached hydrogen (secondary N) is 1. The summed E-state index contributed by atoms with van der Waals surface area (Å²) in [5.74, 6) is 0.776. The van der Waals surface area contributed by atoms with Gasteiger partial charge in [-0.1, -0.05) is 54.8 Å². The van der Waals surface area contributed by atoms with Crippen LogP contribution in [0.2, 0.25) is 0 Å². The third-order valence-electron chi connectivity index (χ3n) is 2.86. The fraction of sp³-hybridized carbons (Fsp3) is 0.533. The average Bonchev–Trinajstić information content (AvgIpc) is 2.38. The molecule has 1 N–H and O–H groups in total. The van der Waals surface area contributed by atoms with Crippen molar-refractivity contribution in [3.8, 4) is 0 Å². The fourth-order valence-electron chi connectivity index (χ4n) is 1.73. The van der Waals surface area contributed by atoms with Gasteiger partial charge in [-0.3, -0.25) is 4.79 Å². The summed E-state index contributed by atoms with van der Waals surface area (Å²) in [7, 11) is 0. The maximum atomic E-state index is 11.8. The van der Waals surface area contributed by atoms with Crippen LogP contribution in [0.15, 0.2) is 24.3 Å². The molecule has 2 nitrogen and oxygen atoms in total. The van der Waals surface area contributed by atoms with E-state index in [0.717, 1.165) is 29.8 Å². The van der Waals surface area contributed by atoms with Crippen molar-refractivity contribution in [3.05, 3.63) is 35.4 Å². The van der Waals surface area contributed by atoms with Crippen LogP contribution < -0.4 is 5.32 Å². The van der Waals surface area contributed by atoms with Crippen LogP contribution >= 0.6 is 15.9 Å². The summed E-state index contributed by atoms with van der Waals surface area (Å²) in [5, 5.41) is 3.78. The summed E-state index contributed by atoms with van der Waals surface area (Å²) in [4.78, 5) is 11.8. The van der Waals surface area contributed by atoms with Crippen LogP contribution in [0.1, 0.15) is 49.0 Å². The van der Waals surface area contributed by atoms with Crippen LogP contribution in [0.4, 0.5) is 0 Å². The third-order valence-corrected chi connectivity index (χ3v) is 3.51. The van der Waals surface area contributed by atoms with Gasteiger partial charge < -0.3 is 5.32 Å². The molecule has 0 heterocycles. The van der Waals surface area contributed by atoms with Crippen molar-refractivity contribution < 1.29 is 4.79 Å². The van der Waals surface area contributed by atoms with E-state index in [1.54, 1.807) is 0 Å². The van der Waals surface area contributed by atoms with E-state index in [0.29, 0.717) is 0 Å². The summed E-state index contributed by atoms with van der Waals surface area (Å²) in [6, 6.07) is 7.70. The lowest BCUT2D eigenvalue weighted by Crippen LogP contribution is -2.24. The Morgan fingerprint density at radius 3 is 2.44 bits per heavy atom. The summed E-state index contributed by atoms with van der Waals surface area (Å²) >= 11 is 3.39. The number of benzene rings is 1. The quantitative estimate of drug-likeness (QED) is 0.595. The third kappa shape index (κ3) is 5.67. The number of carbonyl (C=O) groups is 1. The molecular weight excluding hydrogens is 290 g/mol. The number of rotatable bonds is 7. The molecule has 18 heavy (non-hydrogen) atoms. The van der Waals surface area contributed by atoms with Gasteiger partial charge in [0.2, 0.25) is 0 Å². The van der Waals surface area contributed by atoms with Gasteiger partial charge in [0.05, 0.1) is 0 Å². The number of halogens is 1. The maximum absolute atomic E-state index is 11.8. The summed E-state index contributed by atoms with van der Waals surface area (Å²) in [6.45, 7) is 5.22. The van der Waals surface area contributed by atoms with Crippen LogP contribution in [0.25, 0.3) is 0 Å². The predicted molar refractivity (Wildman–Crippen MR) is 80.1 cm³/mol. The van der Waals surface area contributed by atoms with Crippen molar-refractivity contribution in [1.82, 2.24) is 5.32 Å². The molecule has 0 aliphatic carbocycles. The molecule has 0 radical (unpaired) electrons. The lowest BCUT2D eigenvalue weighted by atomic mass is 10.1. The zero-order valence-electron chi connectivity index (χ0n) is 11.2. The molecule has 0 saturated carbocycles. The van der Waals surface area contributed by atoms with Crippen LogP contribution in [-0.4, -0.2) is 12.5 Å². The largest absolute Gasteiger partial charge is 0.352 e. The Morgan fingerprint density at radius 2 is 1.89 bits per heavy atom. The van der Waals surface area contributed by atoms with Crippen molar-refractivity contribution in [2.24, 2.45) is 5.92 Å². The van der Waals surface area contributed by atoms with E-state index in [4.69, 9.17) is 0 Å². The Labute approximate surface area is 118 Å². The van der Waals surface area contributed by atoms with E-state index < -0.39 is 0 Å². The molecule has 0 saturated heterocycles. The first-order chi connectivity index (χ1) is 8.63. The minimum atomic E-state index is 0.0284. The Morgan fingerprint density at radius 1 is 1.22 bits per heavy atom. The van der Waals surface area contributed by atoms with Crippen LogP contribution in [0, 0.1) is 5.92 Å². The SMILES string of the molecule is CC(C)CCCCNC(=O)c1ccc(CBr)cc1. The molecule has 1 amide bonds. The van der Waals surface area contributed by atoms with Crippen LogP contribution in [0.3, 0.4) is 0 Å². The average molecular weight is 312 g/mol. The highest BCUT2D eigenvalue weighted by molar-refractivity contribution is 9.08. The number of alkyl halides is 1. The molecule has 1 aromatic rings. The number of unbranched alkanes of at least 4 members (excludes halogenated alkanes) is 1. The number of carbonyl (C=O) groups excluding carboxylic acids is 1. The van der Waals surface area contributed by atoms with Crippen molar-refractivity contribution in [1.29, 1.82) is 0 Å². The van der Waals surface area contributed by atoms with Gasteiger partial charge in [-0.2, -0.15) is 0 Å². The minimum absolute atomic E-state index is 0.0284. The molecule has 100 valence electrons. The fourth-order valence-corrected chi connectivity index (χ4v) is 2.10. The first-order valence-electron chi connectivity index (χ1n) is 6.56. The van der Waals surface area contributed by atoms with E-state index >= 15 is 0 Å². The molecule has 1 aromatic carbocycles. The van der Waals surface area contributed by atoms with Crippen molar-refractivity contribution in [2.45, 2.75) is 38.4 Å². The van der Waals surface area contributed by atoms with Crippen molar-refractivity contribution in [3.63, 3.8) is 0 Å². The lowest BCUT2D eigenvalue weighted by molar-refractivity contribution is 0.0953. The molecule has 0 aliphatic rings. The zero-order chi connectivity index (χ0) is 13.4. The smallest absolute Gasteiger partial charge is 0.251 e. The lowest BCUT2D eigenvalue weighted by Gasteiger charge is -2.07. The van der Waals surface area contributed by atoms with E-state index in [1.165, 1.54) is 18.4 Å². The Balaban J connectivity index is 2.27. The second-order valence-electron chi connectivity index (χ2n) is 4.98. The number of hydrogen-bond acceptors (Lipinski definition) is 1. The van der Waals surface area contributed by atoms with Gasteiger partial charge >= 0.3 is 0 Å². The first kappa shape index (κ1) is 15.2. The normalized spacial score (nSPS) is 10.7. The maximum Gasteiger partial charge on any atom is 0.251 e. The second-order valence-corrected chi connectivity index (χ2v) is 5.54. The van der Waals surface area contributed by atoms with Gasteiger partial charge in [0.1, 0.15) is 0 Å². The van der Waals surface area contributed by atoms with E-state index in [1.807, 2.05) is 24.3 Å². The molecule has 0 atom stereocenters. The van der Waals surface area contributed by atoms with Gasteiger partial charge in [0, 0.05) is 17.4 Å². The van der Waals surface area contributed by atoms with Crippen molar-refractivity contribution >= 4 is 21.8 Å². The zero-order valence-corrected chi connectivity index (χ0v) is 12.8. The first-order valence-corrected chi connectivity index (χ1v) is 7.68. The molecule has 1 rings (SSSR count). The van der Waals surface area contributed by atoms with Crippen LogP contribution in [0.5, 0.6) is 0 Å². The summed E-state index contributed by atoms with van der Waals surface area (Å²) in [5.41, 5.74) is 1.92. The number of hydrogen-bond donors (Lipinski definition) is 1. The summed E-state index contributed by atoms with van der Waals surface area (Å²) < 4.78 is 0. The Kier molecular flexibility index (Phi) is 7.02. The second kappa shape index (κ2) is 8.30. The molecule has 0 aliphatic heterocycles. The molecule has 0 fully saturated rings. The monoisotopic (exact) mass is 311 g/mol. The van der Waals surface area contributed by atoms with Gasteiger partial charge in [-0.05, 0) is 30.0 Å².